The highest BCUT2D eigenvalue weighted by Gasteiger charge is 2.07. The van der Waals surface area contributed by atoms with E-state index in [-0.39, 0.29) is 5.82 Å². The number of aromatic nitrogens is 2. The van der Waals surface area contributed by atoms with Crippen LogP contribution in [0.4, 0.5) is 15.9 Å². The van der Waals surface area contributed by atoms with Gasteiger partial charge in [-0.15, -0.1) is 0 Å². The zero-order valence-corrected chi connectivity index (χ0v) is 13.6. The molecule has 0 atom stereocenters. The van der Waals surface area contributed by atoms with Gasteiger partial charge in [0.05, 0.1) is 5.69 Å². The number of nitrogens with one attached hydrogen (secondary N) is 1. The zero-order valence-electron chi connectivity index (χ0n) is 11.2. The Labute approximate surface area is 140 Å². The van der Waals surface area contributed by atoms with Crippen molar-refractivity contribution in [3.8, 4) is 11.4 Å². The average Bonchev–Trinajstić information content (AvgIpc) is 2.50. The van der Waals surface area contributed by atoms with Crippen molar-refractivity contribution < 1.29 is 4.39 Å². The summed E-state index contributed by atoms with van der Waals surface area (Å²) in [5.41, 5.74) is 1.56. The summed E-state index contributed by atoms with van der Waals surface area (Å²) < 4.78 is 13.9. The lowest BCUT2D eigenvalue weighted by Crippen LogP contribution is -1.98. The van der Waals surface area contributed by atoms with Crippen molar-refractivity contribution in [3.05, 3.63) is 70.0 Å². The molecule has 3 aromatic rings. The molecule has 0 aliphatic rings. The van der Waals surface area contributed by atoms with Crippen molar-refractivity contribution in [2.45, 2.75) is 0 Å². The van der Waals surface area contributed by atoms with Gasteiger partial charge in [-0.25, -0.2) is 14.4 Å². The van der Waals surface area contributed by atoms with E-state index in [0.717, 1.165) is 10.2 Å². The number of nitrogens with zero attached hydrogens (tertiary/aromatic N) is 2. The lowest BCUT2D eigenvalue weighted by atomic mass is 10.2. The maximum absolute atomic E-state index is 13.0. The highest BCUT2D eigenvalue weighted by Crippen LogP contribution is 2.27. The van der Waals surface area contributed by atoms with Crippen LogP contribution < -0.4 is 5.32 Å². The molecule has 0 aliphatic heterocycles. The van der Waals surface area contributed by atoms with Gasteiger partial charge in [0.2, 0.25) is 0 Å². The Morgan fingerprint density at radius 3 is 2.45 bits per heavy atom. The highest BCUT2D eigenvalue weighted by molar-refractivity contribution is 9.10. The molecule has 0 radical (unpaired) electrons. The number of halogens is 3. The summed E-state index contributed by atoms with van der Waals surface area (Å²) in [5.74, 6) is 0.686. The molecule has 3 nitrogen and oxygen atoms in total. The molecule has 3 rings (SSSR count). The van der Waals surface area contributed by atoms with Crippen LogP contribution in [0, 0.1) is 5.82 Å². The van der Waals surface area contributed by atoms with Crippen LogP contribution in [0.5, 0.6) is 0 Å². The maximum Gasteiger partial charge on any atom is 0.163 e. The smallest absolute Gasteiger partial charge is 0.163 e. The van der Waals surface area contributed by atoms with Crippen molar-refractivity contribution in [1.29, 1.82) is 0 Å². The van der Waals surface area contributed by atoms with E-state index in [2.05, 4.69) is 31.2 Å². The van der Waals surface area contributed by atoms with Crippen LogP contribution in [0.3, 0.4) is 0 Å². The van der Waals surface area contributed by atoms with Crippen molar-refractivity contribution in [2.24, 2.45) is 0 Å². The van der Waals surface area contributed by atoms with Crippen LogP contribution in [0.25, 0.3) is 11.4 Å². The number of para-hydroxylation sites is 1. The summed E-state index contributed by atoms with van der Waals surface area (Å²) in [6.45, 7) is 0. The van der Waals surface area contributed by atoms with Crippen LogP contribution in [0.15, 0.2) is 59.1 Å². The molecule has 22 heavy (non-hydrogen) atoms. The van der Waals surface area contributed by atoms with Gasteiger partial charge in [0.1, 0.15) is 16.8 Å². The SMILES string of the molecule is Fc1ccc(-c2nc(Cl)cc(Nc3ccccc3Br)n2)cc1. The number of hydrogen-bond acceptors (Lipinski definition) is 3. The van der Waals surface area contributed by atoms with Crippen LogP contribution in [-0.2, 0) is 0 Å². The first kappa shape index (κ1) is 14.9. The normalized spacial score (nSPS) is 10.5. The molecule has 2 aromatic carbocycles. The maximum atomic E-state index is 13.0. The molecule has 0 aliphatic carbocycles. The monoisotopic (exact) mass is 377 g/mol. The summed E-state index contributed by atoms with van der Waals surface area (Å²) in [6, 6.07) is 15.3. The molecule has 0 amide bonds. The summed E-state index contributed by atoms with van der Waals surface area (Å²) >= 11 is 9.52. The minimum Gasteiger partial charge on any atom is -0.339 e. The number of hydrogen-bond donors (Lipinski definition) is 1. The van der Waals surface area contributed by atoms with Gasteiger partial charge in [-0.3, -0.25) is 0 Å². The summed E-state index contributed by atoms with van der Waals surface area (Å²) in [7, 11) is 0. The zero-order chi connectivity index (χ0) is 15.5. The Morgan fingerprint density at radius 1 is 1.00 bits per heavy atom. The van der Waals surface area contributed by atoms with Crippen LogP contribution in [0.2, 0.25) is 5.15 Å². The molecule has 0 unspecified atom stereocenters. The fraction of sp³-hybridized carbons (Fsp3) is 0. The minimum absolute atomic E-state index is 0.308. The lowest BCUT2D eigenvalue weighted by Gasteiger charge is -2.09. The summed E-state index contributed by atoms with van der Waals surface area (Å²) in [5, 5.41) is 3.49. The van der Waals surface area contributed by atoms with E-state index in [1.54, 1.807) is 18.2 Å². The Morgan fingerprint density at radius 2 is 1.73 bits per heavy atom. The Hall–Kier alpha value is -1.98. The molecule has 0 saturated heterocycles. The van der Waals surface area contributed by atoms with Crippen molar-refractivity contribution in [2.75, 3.05) is 5.32 Å². The molecule has 0 fully saturated rings. The van der Waals surface area contributed by atoms with E-state index < -0.39 is 0 Å². The fourth-order valence-corrected chi connectivity index (χ4v) is 2.48. The molecule has 1 heterocycles. The predicted octanol–water partition coefficient (Wildman–Crippen LogP) is 5.44. The minimum atomic E-state index is -0.308. The molecule has 1 aromatic heterocycles. The van der Waals surface area contributed by atoms with E-state index in [1.807, 2.05) is 24.3 Å². The van der Waals surface area contributed by atoms with E-state index >= 15 is 0 Å². The van der Waals surface area contributed by atoms with Gasteiger partial charge in [0, 0.05) is 16.1 Å². The Balaban J connectivity index is 1.96. The first-order chi connectivity index (χ1) is 10.6. The van der Waals surface area contributed by atoms with Gasteiger partial charge in [-0.2, -0.15) is 0 Å². The number of anilines is 2. The van der Waals surface area contributed by atoms with Crippen LogP contribution in [-0.4, -0.2) is 9.97 Å². The molecule has 0 bridgehead atoms. The van der Waals surface area contributed by atoms with Crippen LogP contribution >= 0.6 is 27.5 Å². The lowest BCUT2D eigenvalue weighted by molar-refractivity contribution is 0.628. The standard InChI is InChI=1S/C16H10BrClFN3/c17-12-3-1-2-4-13(12)20-15-9-14(18)21-16(22-15)10-5-7-11(19)8-6-10/h1-9H,(H,20,21,22). The van der Waals surface area contributed by atoms with Gasteiger partial charge in [0.15, 0.2) is 5.82 Å². The van der Waals surface area contributed by atoms with E-state index in [1.165, 1.54) is 12.1 Å². The molecule has 1 N–H and O–H groups in total. The topological polar surface area (TPSA) is 37.8 Å². The molecule has 110 valence electrons. The van der Waals surface area contributed by atoms with Gasteiger partial charge in [-0.1, -0.05) is 23.7 Å². The van der Waals surface area contributed by atoms with E-state index in [9.17, 15) is 4.39 Å². The molecule has 0 spiro atoms. The average molecular weight is 379 g/mol. The van der Waals surface area contributed by atoms with Crippen molar-refractivity contribution in [3.63, 3.8) is 0 Å². The predicted molar refractivity (Wildman–Crippen MR) is 89.9 cm³/mol. The largest absolute Gasteiger partial charge is 0.339 e. The second-order valence-corrected chi connectivity index (χ2v) is 5.75. The van der Waals surface area contributed by atoms with Crippen molar-refractivity contribution in [1.82, 2.24) is 9.97 Å². The quantitative estimate of drug-likeness (QED) is 0.616. The number of benzene rings is 2. The van der Waals surface area contributed by atoms with Crippen LogP contribution in [0.1, 0.15) is 0 Å². The summed E-state index contributed by atoms with van der Waals surface area (Å²) in [6.07, 6.45) is 0. The van der Waals surface area contributed by atoms with E-state index in [0.29, 0.717) is 22.4 Å². The first-order valence-electron chi connectivity index (χ1n) is 6.44. The van der Waals surface area contributed by atoms with Gasteiger partial charge in [-0.05, 0) is 52.3 Å². The van der Waals surface area contributed by atoms with Gasteiger partial charge in [0.25, 0.3) is 0 Å². The third-order valence-corrected chi connectivity index (χ3v) is 3.82. The Kier molecular flexibility index (Phi) is 4.36. The first-order valence-corrected chi connectivity index (χ1v) is 7.61. The third kappa shape index (κ3) is 3.43. The van der Waals surface area contributed by atoms with E-state index in [4.69, 9.17) is 11.6 Å². The Bertz CT molecular complexity index is 809. The van der Waals surface area contributed by atoms with Crippen molar-refractivity contribution >= 4 is 39.0 Å². The molecular weight excluding hydrogens is 369 g/mol. The molecule has 6 heteroatoms. The number of rotatable bonds is 3. The molecule has 0 saturated carbocycles. The second-order valence-electron chi connectivity index (χ2n) is 4.51. The highest BCUT2D eigenvalue weighted by atomic mass is 79.9. The summed E-state index contributed by atoms with van der Waals surface area (Å²) in [4.78, 5) is 8.60. The molecular formula is C16H10BrClFN3. The van der Waals surface area contributed by atoms with Gasteiger partial charge >= 0.3 is 0 Å². The fourth-order valence-electron chi connectivity index (χ4n) is 1.91. The second kappa shape index (κ2) is 6.42. The third-order valence-electron chi connectivity index (χ3n) is 2.93. The van der Waals surface area contributed by atoms with Gasteiger partial charge < -0.3 is 5.32 Å².